The van der Waals surface area contributed by atoms with Gasteiger partial charge < -0.3 is 51.1 Å². The molecular formula is C46H46O10. The van der Waals surface area contributed by atoms with E-state index in [4.69, 9.17) is 0 Å². The second kappa shape index (κ2) is 17.2. The van der Waals surface area contributed by atoms with E-state index >= 15 is 0 Å². The lowest BCUT2D eigenvalue weighted by Crippen LogP contribution is -2.19. The van der Waals surface area contributed by atoms with Gasteiger partial charge in [-0.3, -0.25) is 0 Å². The fourth-order valence-electron chi connectivity index (χ4n) is 7.36. The summed E-state index contributed by atoms with van der Waals surface area (Å²) in [6.45, 7) is 0. The van der Waals surface area contributed by atoms with Crippen LogP contribution in [-0.4, -0.2) is 51.1 Å². The number of benzene rings is 6. The van der Waals surface area contributed by atoms with Gasteiger partial charge in [0, 0.05) is 0 Å². The maximum atomic E-state index is 11.1. The van der Waals surface area contributed by atoms with Crippen LogP contribution in [-0.2, 0) is 44.9 Å². The van der Waals surface area contributed by atoms with Crippen LogP contribution in [0.4, 0.5) is 0 Å². The van der Waals surface area contributed by atoms with Crippen LogP contribution >= 0.6 is 0 Å². The van der Waals surface area contributed by atoms with Gasteiger partial charge in [0.25, 0.3) is 0 Å². The Labute approximate surface area is 324 Å². The van der Waals surface area contributed by atoms with Gasteiger partial charge in [0.05, 0.1) is 0 Å². The monoisotopic (exact) mass is 758 g/mol. The molecule has 0 aliphatic rings. The van der Waals surface area contributed by atoms with Crippen molar-refractivity contribution in [2.45, 2.75) is 57.3 Å². The first-order valence-corrected chi connectivity index (χ1v) is 18.5. The van der Waals surface area contributed by atoms with Crippen LogP contribution in [0.1, 0.15) is 56.8 Å². The minimum Gasteiger partial charge on any atom is -0.508 e. The van der Waals surface area contributed by atoms with Crippen molar-refractivity contribution >= 4 is 0 Å². The SMILES string of the molecule is Oc1ccc(CC[C@@H](Cc2ccc(CCc3cc(O)c(O)c(O)c3)c(O)c2)[C@H](Cc2ccc(CCc3cc(O)c(O)c(O)c3)c(O)c2)c2ccc(O)cc2)cc1. The summed E-state index contributed by atoms with van der Waals surface area (Å²) in [5, 5.41) is 101. The molecule has 0 fully saturated rings. The lowest BCUT2D eigenvalue weighted by Gasteiger charge is -2.29. The van der Waals surface area contributed by atoms with Crippen LogP contribution in [0.15, 0.2) is 109 Å². The van der Waals surface area contributed by atoms with Gasteiger partial charge in [0.1, 0.15) is 23.0 Å². The van der Waals surface area contributed by atoms with E-state index in [0.29, 0.717) is 67.2 Å². The summed E-state index contributed by atoms with van der Waals surface area (Å²) >= 11 is 0. The molecule has 0 saturated heterocycles. The number of phenols is 10. The van der Waals surface area contributed by atoms with Crippen LogP contribution in [0.5, 0.6) is 57.5 Å². The molecule has 10 nitrogen and oxygen atoms in total. The lowest BCUT2D eigenvalue weighted by atomic mass is 9.75. The van der Waals surface area contributed by atoms with Crippen LogP contribution in [0.3, 0.4) is 0 Å². The number of hydrogen-bond acceptors (Lipinski definition) is 10. The number of rotatable bonds is 15. The second-order valence-corrected chi connectivity index (χ2v) is 14.5. The molecule has 56 heavy (non-hydrogen) atoms. The molecule has 6 aromatic rings. The molecule has 10 heteroatoms. The third-order valence-corrected chi connectivity index (χ3v) is 10.5. The van der Waals surface area contributed by atoms with Crippen molar-refractivity contribution in [1.82, 2.24) is 0 Å². The highest BCUT2D eigenvalue weighted by molar-refractivity contribution is 5.52. The Balaban J connectivity index is 1.25. The minimum absolute atomic E-state index is 0.0122. The topological polar surface area (TPSA) is 202 Å². The largest absolute Gasteiger partial charge is 0.508 e. The smallest absolute Gasteiger partial charge is 0.200 e. The van der Waals surface area contributed by atoms with Crippen molar-refractivity contribution in [3.05, 3.63) is 154 Å². The van der Waals surface area contributed by atoms with Crippen molar-refractivity contribution < 1.29 is 51.1 Å². The fraction of sp³-hybridized carbons (Fsp3) is 0.217. The van der Waals surface area contributed by atoms with Crippen molar-refractivity contribution in [2.24, 2.45) is 5.92 Å². The Morgan fingerprint density at radius 2 is 0.732 bits per heavy atom. The molecule has 0 saturated carbocycles. The molecule has 0 bridgehead atoms. The third-order valence-electron chi connectivity index (χ3n) is 10.5. The maximum Gasteiger partial charge on any atom is 0.200 e. The Hall–Kier alpha value is -6.68. The van der Waals surface area contributed by atoms with Crippen LogP contribution in [0.25, 0.3) is 0 Å². The van der Waals surface area contributed by atoms with Gasteiger partial charge in [-0.2, -0.15) is 0 Å². The van der Waals surface area contributed by atoms with Crippen molar-refractivity contribution in [1.29, 1.82) is 0 Å². The molecule has 10 N–H and O–H groups in total. The number of aromatic hydroxyl groups is 10. The maximum absolute atomic E-state index is 11.1. The molecule has 290 valence electrons. The second-order valence-electron chi connectivity index (χ2n) is 14.5. The molecule has 0 aliphatic carbocycles. The van der Waals surface area contributed by atoms with E-state index in [1.165, 1.54) is 24.3 Å². The summed E-state index contributed by atoms with van der Waals surface area (Å²) < 4.78 is 0. The predicted molar refractivity (Wildman–Crippen MR) is 212 cm³/mol. The Morgan fingerprint density at radius 3 is 1.18 bits per heavy atom. The number of aryl methyl sites for hydroxylation is 5. The van der Waals surface area contributed by atoms with E-state index in [1.807, 2.05) is 48.5 Å². The average Bonchev–Trinajstić information content (AvgIpc) is 3.17. The zero-order chi connectivity index (χ0) is 39.9. The molecule has 6 aromatic carbocycles. The van der Waals surface area contributed by atoms with Crippen LogP contribution in [0.2, 0.25) is 0 Å². The van der Waals surface area contributed by atoms with Gasteiger partial charge >= 0.3 is 0 Å². The molecule has 6 rings (SSSR count). The Morgan fingerprint density at radius 1 is 0.339 bits per heavy atom. The zero-order valence-electron chi connectivity index (χ0n) is 30.7. The molecule has 2 atom stereocenters. The Bertz CT molecular complexity index is 2240. The summed E-state index contributed by atoms with van der Waals surface area (Å²) in [6, 6.07) is 31.0. The predicted octanol–water partition coefficient (Wildman–Crippen LogP) is 8.13. The van der Waals surface area contributed by atoms with Gasteiger partial charge in [-0.05, 0) is 168 Å². The minimum atomic E-state index is -0.577. The highest BCUT2D eigenvalue weighted by Gasteiger charge is 2.25. The molecular weight excluding hydrogens is 712 g/mol. The first-order valence-electron chi connectivity index (χ1n) is 18.5. The van der Waals surface area contributed by atoms with Crippen molar-refractivity contribution in [2.75, 3.05) is 0 Å². The molecule has 0 heterocycles. The molecule has 0 aliphatic heterocycles. The lowest BCUT2D eigenvalue weighted by molar-refractivity contribution is 0.367. The third kappa shape index (κ3) is 9.70. The zero-order valence-corrected chi connectivity index (χ0v) is 30.7. The van der Waals surface area contributed by atoms with Crippen molar-refractivity contribution in [3.8, 4) is 57.5 Å². The van der Waals surface area contributed by atoms with E-state index in [9.17, 15) is 51.1 Å². The van der Waals surface area contributed by atoms with Crippen LogP contribution < -0.4 is 0 Å². The number of phenolic OH excluding ortho intramolecular Hbond substituents is 10. The van der Waals surface area contributed by atoms with E-state index < -0.39 is 34.5 Å². The van der Waals surface area contributed by atoms with Gasteiger partial charge in [0.2, 0.25) is 0 Å². The van der Waals surface area contributed by atoms with Gasteiger partial charge in [0.15, 0.2) is 34.5 Å². The van der Waals surface area contributed by atoms with E-state index in [0.717, 1.165) is 28.7 Å². The van der Waals surface area contributed by atoms with E-state index in [2.05, 4.69) is 0 Å². The van der Waals surface area contributed by atoms with E-state index in [1.54, 1.807) is 36.4 Å². The summed E-state index contributed by atoms with van der Waals surface area (Å²) in [5.74, 6) is -2.34. The summed E-state index contributed by atoms with van der Waals surface area (Å²) in [4.78, 5) is 0. The highest BCUT2D eigenvalue weighted by Crippen LogP contribution is 2.39. The molecule has 0 spiro atoms. The quantitative estimate of drug-likeness (QED) is 0.0456. The highest BCUT2D eigenvalue weighted by atomic mass is 16.3. The normalized spacial score (nSPS) is 12.4. The van der Waals surface area contributed by atoms with Gasteiger partial charge in [-0.25, -0.2) is 0 Å². The molecule has 0 unspecified atom stereocenters. The first-order chi connectivity index (χ1) is 26.8. The number of hydrogen-bond donors (Lipinski definition) is 10. The molecule has 0 radical (unpaired) electrons. The Kier molecular flexibility index (Phi) is 12.0. The van der Waals surface area contributed by atoms with Gasteiger partial charge in [-0.1, -0.05) is 48.5 Å². The molecule has 0 amide bonds. The van der Waals surface area contributed by atoms with Crippen LogP contribution in [0, 0.1) is 5.92 Å². The standard InChI is InChI=1S/C46H46O10/c47-36-15-6-27(7-16-36)1-12-35(19-28-2-8-33(39(49)21-28)10-4-30-23-41(51)45(55)42(52)24-30)38(32-13-17-37(48)18-14-32)20-29-3-9-34(40(50)22-29)11-5-31-25-43(53)46(56)44(54)26-31/h2-3,6-9,13-18,21-26,35,38,47-56H,1,4-5,10-12,19-20H2/t35-,38+/m0/s1. The summed E-state index contributed by atoms with van der Waals surface area (Å²) in [5.41, 5.74) is 6.42. The summed E-state index contributed by atoms with van der Waals surface area (Å²) in [7, 11) is 0. The van der Waals surface area contributed by atoms with Crippen molar-refractivity contribution in [3.63, 3.8) is 0 Å². The summed E-state index contributed by atoms with van der Waals surface area (Å²) in [6.07, 6.45) is 4.25. The molecule has 0 aromatic heterocycles. The van der Waals surface area contributed by atoms with E-state index in [-0.39, 0.29) is 34.8 Å². The average molecular weight is 759 g/mol. The fourth-order valence-corrected chi connectivity index (χ4v) is 7.36. The first kappa shape index (κ1) is 39.0. The van der Waals surface area contributed by atoms with Gasteiger partial charge in [-0.15, -0.1) is 0 Å².